The third-order valence-corrected chi connectivity index (χ3v) is 4.06. The average molecular weight is 245 g/mol. The Hall–Kier alpha value is -0.380. The van der Waals surface area contributed by atoms with Gasteiger partial charge in [-0.25, -0.2) is 0 Å². The summed E-state index contributed by atoms with van der Waals surface area (Å²) in [5.41, 5.74) is 0.946. The first kappa shape index (κ1) is 11.1. The fourth-order valence-electron chi connectivity index (χ4n) is 1.96. The lowest BCUT2D eigenvalue weighted by molar-refractivity contribution is -0.121. The maximum atomic E-state index is 11.2. The molecule has 2 heterocycles. The van der Waals surface area contributed by atoms with Crippen molar-refractivity contribution in [3.05, 3.63) is 21.3 Å². The van der Waals surface area contributed by atoms with Gasteiger partial charge < -0.3 is 9.53 Å². The van der Waals surface area contributed by atoms with E-state index in [0.717, 1.165) is 29.9 Å². The molecule has 0 N–H and O–H groups in total. The molecule has 2 rings (SSSR count). The topological polar surface area (TPSA) is 26.3 Å². The third kappa shape index (κ3) is 2.60. The van der Waals surface area contributed by atoms with Gasteiger partial charge in [0.05, 0.1) is 4.34 Å². The second kappa shape index (κ2) is 4.64. The Kier molecular flexibility index (Phi) is 3.44. The van der Waals surface area contributed by atoms with Crippen LogP contribution in [0.2, 0.25) is 4.34 Å². The number of hydrogen-bond acceptors (Lipinski definition) is 3. The summed E-state index contributed by atoms with van der Waals surface area (Å²) in [5, 5.41) is 2.03. The molecule has 4 heteroatoms. The van der Waals surface area contributed by atoms with Gasteiger partial charge in [-0.2, -0.15) is 0 Å². The quantitative estimate of drug-likeness (QED) is 0.765. The first-order chi connectivity index (χ1) is 7.24. The number of ether oxygens (including phenoxy) is 1. The molecule has 1 aromatic heterocycles. The number of thiophene rings is 1. The molecular formula is C11H13ClO2S. The third-order valence-electron chi connectivity index (χ3n) is 2.92. The van der Waals surface area contributed by atoms with Gasteiger partial charge in [0.2, 0.25) is 0 Å². The van der Waals surface area contributed by atoms with Crippen LogP contribution in [-0.2, 0) is 16.0 Å². The van der Waals surface area contributed by atoms with E-state index in [1.807, 2.05) is 11.4 Å². The van der Waals surface area contributed by atoms with Crippen LogP contribution in [0.25, 0.3) is 0 Å². The predicted molar refractivity (Wildman–Crippen MR) is 61.6 cm³/mol. The summed E-state index contributed by atoms with van der Waals surface area (Å²) in [4.78, 5) is 11.2. The lowest BCUT2D eigenvalue weighted by Gasteiger charge is -2.31. The fraction of sp³-hybridized carbons (Fsp3) is 0.545. The molecule has 0 unspecified atom stereocenters. The second-order valence-corrected chi connectivity index (χ2v) is 5.57. The highest BCUT2D eigenvalue weighted by molar-refractivity contribution is 7.14. The normalized spacial score (nSPS) is 20.1. The zero-order chi connectivity index (χ0) is 10.7. The molecule has 2 nitrogen and oxygen atoms in total. The maximum Gasteiger partial charge on any atom is 0.126 e. The summed E-state index contributed by atoms with van der Waals surface area (Å²) in [5.74, 6) is 0. The molecular weight excluding hydrogens is 232 g/mol. The number of carbonyl (C=O) groups is 1. The van der Waals surface area contributed by atoms with Gasteiger partial charge in [0.1, 0.15) is 6.29 Å². The number of halogens is 1. The van der Waals surface area contributed by atoms with Gasteiger partial charge >= 0.3 is 0 Å². The van der Waals surface area contributed by atoms with E-state index in [1.54, 1.807) is 0 Å². The summed E-state index contributed by atoms with van der Waals surface area (Å²) in [6, 6.07) is 1.95. The van der Waals surface area contributed by atoms with E-state index in [0.29, 0.717) is 13.2 Å². The van der Waals surface area contributed by atoms with E-state index in [-0.39, 0.29) is 5.41 Å². The van der Waals surface area contributed by atoms with Crippen molar-refractivity contribution in [1.29, 1.82) is 0 Å². The fourth-order valence-corrected chi connectivity index (χ4v) is 2.87. The highest BCUT2D eigenvalue weighted by Crippen LogP contribution is 2.34. The van der Waals surface area contributed by atoms with Crippen molar-refractivity contribution in [2.45, 2.75) is 19.3 Å². The van der Waals surface area contributed by atoms with E-state index in [1.165, 1.54) is 16.9 Å². The van der Waals surface area contributed by atoms with Crippen LogP contribution in [-0.4, -0.2) is 19.5 Å². The minimum absolute atomic E-state index is 0.220. The van der Waals surface area contributed by atoms with Gasteiger partial charge in [-0.1, -0.05) is 11.6 Å². The molecule has 1 saturated heterocycles. The van der Waals surface area contributed by atoms with Gasteiger partial charge in [0.25, 0.3) is 0 Å². The molecule has 0 aliphatic carbocycles. The number of aldehydes is 1. The number of hydrogen-bond donors (Lipinski definition) is 0. The van der Waals surface area contributed by atoms with E-state index in [2.05, 4.69) is 0 Å². The number of rotatable bonds is 3. The number of carbonyl (C=O) groups excluding carboxylic acids is 1. The molecule has 15 heavy (non-hydrogen) atoms. The van der Waals surface area contributed by atoms with Crippen LogP contribution in [0.15, 0.2) is 11.4 Å². The van der Waals surface area contributed by atoms with Crippen molar-refractivity contribution in [3.8, 4) is 0 Å². The smallest absolute Gasteiger partial charge is 0.126 e. The van der Waals surface area contributed by atoms with Crippen LogP contribution in [0.5, 0.6) is 0 Å². The molecule has 82 valence electrons. The first-order valence-corrected chi connectivity index (χ1v) is 6.27. The van der Waals surface area contributed by atoms with Crippen molar-refractivity contribution in [1.82, 2.24) is 0 Å². The minimum Gasteiger partial charge on any atom is -0.381 e. The largest absolute Gasteiger partial charge is 0.381 e. The first-order valence-electron chi connectivity index (χ1n) is 5.01. The van der Waals surface area contributed by atoms with Crippen LogP contribution in [0, 0.1) is 5.41 Å². The Balaban J connectivity index is 2.10. The van der Waals surface area contributed by atoms with Gasteiger partial charge in [-0.05, 0) is 36.3 Å². The zero-order valence-corrected chi connectivity index (χ0v) is 9.94. The summed E-state index contributed by atoms with van der Waals surface area (Å²) in [6.45, 7) is 1.38. The van der Waals surface area contributed by atoms with Crippen LogP contribution in [0.4, 0.5) is 0 Å². The molecule has 0 bridgehead atoms. The molecule has 0 aromatic carbocycles. The van der Waals surface area contributed by atoms with E-state index >= 15 is 0 Å². The highest BCUT2D eigenvalue weighted by Gasteiger charge is 2.32. The van der Waals surface area contributed by atoms with Crippen molar-refractivity contribution in [3.63, 3.8) is 0 Å². The van der Waals surface area contributed by atoms with Crippen molar-refractivity contribution < 1.29 is 9.53 Å². The van der Waals surface area contributed by atoms with E-state index < -0.39 is 0 Å². The Labute approximate surface area is 98.2 Å². The lowest BCUT2D eigenvalue weighted by atomic mass is 9.77. The van der Waals surface area contributed by atoms with Crippen LogP contribution >= 0.6 is 22.9 Å². The SMILES string of the molecule is O=CC1(Cc2csc(Cl)c2)CCOCC1. The molecule has 0 atom stereocenters. The van der Waals surface area contributed by atoms with Crippen LogP contribution in [0.1, 0.15) is 18.4 Å². The summed E-state index contributed by atoms with van der Waals surface area (Å²) >= 11 is 7.39. The van der Waals surface area contributed by atoms with Gasteiger partial charge in [0.15, 0.2) is 0 Å². The summed E-state index contributed by atoms with van der Waals surface area (Å²) in [7, 11) is 0. The standard InChI is InChI=1S/C11H13ClO2S/c12-10-5-9(7-15-10)6-11(8-13)1-3-14-4-2-11/h5,7-8H,1-4,6H2. The maximum absolute atomic E-state index is 11.2. The molecule has 1 aliphatic heterocycles. The lowest BCUT2D eigenvalue weighted by Crippen LogP contribution is -2.33. The minimum atomic E-state index is -0.220. The monoisotopic (exact) mass is 244 g/mol. The highest BCUT2D eigenvalue weighted by atomic mass is 35.5. The Morgan fingerprint density at radius 3 is 2.80 bits per heavy atom. The van der Waals surface area contributed by atoms with E-state index in [4.69, 9.17) is 16.3 Å². The van der Waals surface area contributed by atoms with Crippen LogP contribution in [0.3, 0.4) is 0 Å². The van der Waals surface area contributed by atoms with Gasteiger partial charge in [0, 0.05) is 18.6 Å². The van der Waals surface area contributed by atoms with E-state index in [9.17, 15) is 4.79 Å². The predicted octanol–water partition coefficient (Wildman–Crippen LogP) is 2.94. The van der Waals surface area contributed by atoms with Crippen LogP contribution < -0.4 is 0 Å². The molecule has 1 aliphatic rings. The Morgan fingerprint density at radius 1 is 1.53 bits per heavy atom. The van der Waals surface area contributed by atoms with Gasteiger partial charge in [-0.3, -0.25) is 0 Å². The Morgan fingerprint density at radius 2 is 2.27 bits per heavy atom. The summed E-state index contributed by atoms with van der Waals surface area (Å²) in [6.07, 6.45) is 3.54. The molecule has 0 spiro atoms. The van der Waals surface area contributed by atoms with Gasteiger partial charge in [-0.15, -0.1) is 11.3 Å². The zero-order valence-electron chi connectivity index (χ0n) is 8.37. The molecule has 1 aromatic rings. The average Bonchev–Trinajstić information content (AvgIpc) is 2.65. The van der Waals surface area contributed by atoms with Crippen molar-refractivity contribution in [2.24, 2.45) is 5.41 Å². The van der Waals surface area contributed by atoms with Crippen molar-refractivity contribution >= 4 is 29.2 Å². The molecule has 0 radical (unpaired) electrons. The molecule has 1 fully saturated rings. The summed E-state index contributed by atoms with van der Waals surface area (Å²) < 4.78 is 6.08. The Bertz CT molecular complexity index is 342. The molecule has 0 saturated carbocycles. The second-order valence-electron chi connectivity index (χ2n) is 4.03. The van der Waals surface area contributed by atoms with Crippen molar-refractivity contribution in [2.75, 3.05) is 13.2 Å². The molecule has 0 amide bonds.